The van der Waals surface area contributed by atoms with Crippen LogP contribution in [0.25, 0.3) is 0 Å². The molecule has 1 fully saturated rings. The predicted octanol–water partition coefficient (Wildman–Crippen LogP) is 3.61. The Bertz CT molecular complexity index is 417. The molecule has 1 aromatic carbocycles. The molecule has 1 saturated heterocycles. The van der Waals surface area contributed by atoms with Crippen LogP contribution in [0.2, 0.25) is 0 Å². The fourth-order valence-corrected chi connectivity index (χ4v) is 3.53. The molecule has 1 N–H and O–H groups in total. The Labute approximate surface area is 116 Å². The van der Waals surface area contributed by atoms with E-state index in [0.717, 1.165) is 19.4 Å². The molecule has 0 spiro atoms. The third-order valence-corrected chi connectivity index (χ3v) is 4.54. The second-order valence-corrected chi connectivity index (χ2v) is 6.07. The molecule has 1 heterocycles. The smallest absolute Gasteiger partial charge is 0.0561 e. The van der Waals surface area contributed by atoms with E-state index in [1.165, 1.54) is 25.7 Å². The van der Waals surface area contributed by atoms with Crippen LogP contribution in [0, 0.1) is 0 Å². The highest BCUT2D eigenvalue weighted by Crippen LogP contribution is 2.30. The second kappa shape index (κ2) is 6.06. The van der Waals surface area contributed by atoms with E-state index in [2.05, 4.69) is 36.5 Å². The van der Waals surface area contributed by atoms with Crippen LogP contribution in [-0.4, -0.2) is 18.8 Å². The van der Waals surface area contributed by atoms with Gasteiger partial charge in [-0.05, 0) is 50.2 Å². The van der Waals surface area contributed by atoms with Crippen molar-refractivity contribution in [1.82, 2.24) is 5.32 Å². The van der Waals surface area contributed by atoms with Gasteiger partial charge in [0.05, 0.1) is 6.10 Å². The van der Waals surface area contributed by atoms with Gasteiger partial charge in [-0.1, -0.05) is 30.7 Å². The normalized spacial score (nSPS) is 31.5. The quantitative estimate of drug-likeness (QED) is 0.819. The van der Waals surface area contributed by atoms with Gasteiger partial charge in [0.25, 0.3) is 0 Å². The van der Waals surface area contributed by atoms with Gasteiger partial charge in [0.15, 0.2) is 0 Å². The van der Waals surface area contributed by atoms with Crippen LogP contribution in [0.5, 0.6) is 0 Å². The van der Waals surface area contributed by atoms with Crippen molar-refractivity contribution in [1.29, 1.82) is 0 Å². The van der Waals surface area contributed by atoms with Crippen molar-refractivity contribution in [3.63, 3.8) is 0 Å². The van der Waals surface area contributed by atoms with Crippen LogP contribution in [-0.2, 0) is 11.2 Å². The summed E-state index contributed by atoms with van der Waals surface area (Å²) in [5, 5.41) is 3.90. The Morgan fingerprint density at radius 3 is 2.95 bits per heavy atom. The number of ether oxygens (including phenoxy) is 1. The van der Waals surface area contributed by atoms with Crippen molar-refractivity contribution < 1.29 is 4.74 Å². The minimum atomic E-state index is 0.410. The van der Waals surface area contributed by atoms with Crippen LogP contribution < -0.4 is 5.32 Å². The molecule has 0 saturated carbocycles. The van der Waals surface area contributed by atoms with Crippen molar-refractivity contribution >= 4 is 0 Å². The minimum absolute atomic E-state index is 0.410. The van der Waals surface area contributed by atoms with Crippen molar-refractivity contribution in [3.05, 3.63) is 35.4 Å². The van der Waals surface area contributed by atoms with Gasteiger partial charge in [0.2, 0.25) is 0 Å². The van der Waals surface area contributed by atoms with Crippen LogP contribution in [0.1, 0.15) is 56.2 Å². The van der Waals surface area contributed by atoms with E-state index in [9.17, 15) is 0 Å². The molecule has 2 nitrogen and oxygen atoms in total. The molecule has 0 amide bonds. The third kappa shape index (κ3) is 3.18. The van der Waals surface area contributed by atoms with Crippen molar-refractivity contribution in [2.45, 2.75) is 63.6 Å². The lowest BCUT2D eigenvalue weighted by Gasteiger charge is -2.32. The first-order chi connectivity index (χ1) is 9.33. The monoisotopic (exact) mass is 259 g/mol. The lowest BCUT2D eigenvalue weighted by Crippen LogP contribution is -2.40. The van der Waals surface area contributed by atoms with Crippen LogP contribution in [0.3, 0.4) is 0 Å². The van der Waals surface area contributed by atoms with Gasteiger partial charge in [-0.3, -0.25) is 0 Å². The summed E-state index contributed by atoms with van der Waals surface area (Å²) < 4.78 is 5.65. The third-order valence-electron chi connectivity index (χ3n) is 4.54. The lowest BCUT2D eigenvalue weighted by molar-refractivity contribution is 0.0110. The van der Waals surface area contributed by atoms with E-state index in [1.807, 2.05) is 0 Å². The topological polar surface area (TPSA) is 21.3 Å². The van der Waals surface area contributed by atoms with Crippen LogP contribution >= 0.6 is 0 Å². The number of fused-ring (bicyclic) bond motifs is 1. The standard InChI is InChI=1S/C17H25NO/c1-13-12-15(10-11-19-13)18-17-9-5-3-7-14-6-2-4-8-16(14)17/h2,4,6,8,13,15,17-18H,3,5,7,9-12H2,1H3. The summed E-state index contributed by atoms with van der Waals surface area (Å²) in [6.07, 6.45) is 7.92. The Hall–Kier alpha value is -0.860. The second-order valence-electron chi connectivity index (χ2n) is 6.07. The zero-order chi connectivity index (χ0) is 13.1. The van der Waals surface area contributed by atoms with Gasteiger partial charge in [0, 0.05) is 18.7 Å². The molecule has 2 heteroatoms. The summed E-state index contributed by atoms with van der Waals surface area (Å²) in [6.45, 7) is 3.10. The van der Waals surface area contributed by atoms with Gasteiger partial charge in [-0.2, -0.15) is 0 Å². The van der Waals surface area contributed by atoms with Crippen LogP contribution in [0.15, 0.2) is 24.3 Å². The molecule has 1 aromatic rings. The summed E-state index contributed by atoms with van der Waals surface area (Å²) in [6, 6.07) is 10.2. The average molecular weight is 259 g/mol. The van der Waals surface area contributed by atoms with Crippen molar-refractivity contribution in [2.24, 2.45) is 0 Å². The van der Waals surface area contributed by atoms with Crippen molar-refractivity contribution in [3.8, 4) is 0 Å². The maximum atomic E-state index is 5.65. The largest absolute Gasteiger partial charge is 0.378 e. The summed E-state index contributed by atoms with van der Waals surface area (Å²) in [5.41, 5.74) is 3.09. The molecule has 3 rings (SSSR count). The van der Waals surface area contributed by atoms with E-state index >= 15 is 0 Å². The zero-order valence-electron chi connectivity index (χ0n) is 11.9. The molecular formula is C17H25NO. The van der Waals surface area contributed by atoms with E-state index < -0.39 is 0 Å². The molecule has 3 unspecified atom stereocenters. The van der Waals surface area contributed by atoms with Crippen molar-refractivity contribution in [2.75, 3.05) is 6.61 Å². The van der Waals surface area contributed by atoms with Gasteiger partial charge in [0.1, 0.15) is 0 Å². The molecule has 0 radical (unpaired) electrons. The maximum Gasteiger partial charge on any atom is 0.0561 e. The lowest BCUT2D eigenvalue weighted by atomic mass is 9.96. The molecule has 0 aromatic heterocycles. The minimum Gasteiger partial charge on any atom is -0.378 e. The van der Waals surface area contributed by atoms with E-state index in [-0.39, 0.29) is 0 Å². The number of rotatable bonds is 2. The molecule has 0 bridgehead atoms. The molecule has 2 aliphatic rings. The molecule has 1 aliphatic carbocycles. The molecule has 104 valence electrons. The first-order valence-corrected chi connectivity index (χ1v) is 7.78. The molecule has 19 heavy (non-hydrogen) atoms. The van der Waals surface area contributed by atoms with Gasteiger partial charge < -0.3 is 10.1 Å². The van der Waals surface area contributed by atoms with Gasteiger partial charge in [-0.15, -0.1) is 0 Å². The highest BCUT2D eigenvalue weighted by atomic mass is 16.5. The first-order valence-electron chi connectivity index (χ1n) is 7.78. The van der Waals surface area contributed by atoms with E-state index in [1.54, 1.807) is 11.1 Å². The highest BCUT2D eigenvalue weighted by molar-refractivity contribution is 5.31. The molecule has 1 aliphatic heterocycles. The Kier molecular flexibility index (Phi) is 4.19. The average Bonchev–Trinajstić information content (AvgIpc) is 2.62. The maximum absolute atomic E-state index is 5.65. The fraction of sp³-hybridized carbons (Fsp3) is 0.647. The summed E-state index contributed by atoms with van der Waals surface area (Å²) in [4.78, 5) is 0. The summed E-state index contributed by atoms with van der Waals surface area (Å²) >= 11 is 0. The number of nitrogens with one attached hydrogen (secondary N) is 1. The summed E-state index contributed by atoms with van der Waals surface area (Å²) in [7, 11) is 0. The number of hydrogen-bond acceptors (Lipinski definition) is 2. The van der Waals surface area contributed by atoms with Gasteiger partial charge in [-0.25, -0.2) is 0 Å². The number of aryl methyl sites for hydroxylation is 1. The van der Waals surface area contributed by atoms with E-state index in [0.29, 0.717) is 18.2 Å². The zero-order valence-corrected chi connectivity index (χ0v) is 11.9. The Balaban J connectivity index is 1.73. The molecule has 3 atom stereocenters. The summed E-state index contributed by atoms with van der Waals surface area (Å²) in [5.74, 6) is 0. The predicted molar refractivity (Wildman–Crippen MR) is 78.3 cm³/mol. The first kappa shape index (κ1) is 13.1. The van der Waals surface area contributed by atoms with E-state index in [4.69, 9.17) is 4.74 Å². The van der Waals surface area contributed by atoms with Gasteiger partial charge >= 0.3 is 0 Å². The SMILES string of the molecule is CC1CC(NC2CCCCc3ccccc32)CCO1. The Morgan fingerprint density at radius 2 is 2.05 bits per heavy atom. The number of hydrogen-bond donors (Lipinski definition) is 1. The fourth-order valence-electron chi connectivity index (χ4n) is 3.53. The Morgan fingerprint density at radius 1 is 1.16 bits per heavy atom. The molecular weight excluding hydrogens is 234 g/mol. The van der Waals surface area contributed by atoms with Crippen LogP contribution in [0.4, 0.5) is 0 Å². The highest BCUT2D eigenvalue weighted by Gasteiger charge is 2.24. The number of benzene rings is 1.